The molecule has 2 aliphatic heterocycles. The zero-order valence-electron chi connectivity index (χ0n) is 17.7. The molecule has 2 N–H and O–H groups in total. The van der Waals surface area contributed by atoms with Gasteiger partial charge >= 0.3 is 6.09 Å². The van der Waals surface area contributed by atoms with E-state index in [4.69, 9.17) is 4.74 Å². The fourth-order valence-electron chi connectivity index (χ4n) is 3.86. The maximum Gasteiger partial charge on any atom is 0.409 e. The topological polar surface area (TPSA) is 82.1 Å². The van der Waals surface area contributed by atoms with Crippen LogP contribution in [0.2, 0.25) is 0 Å². The first-order chi connectivity index (χ1) is 14.2. The number of pyridine rings is 1. The third-order valence-electron chi connectivity index (χ3n) is 5.54. The lowest BCUT2D eigenvalue weighted by molar-refractivity contribution is 0.0963. The van der Waals surface area contributed by atoms with Gasteiger partial charge in [-0.3, -0.25) is 4.99 Å². The minimum absolute atomic E-state index is 0.212. The van der Waals surface area contributed by atoms with E-state index in [2.05, 4.69) is 31.6 Å². The normalized spacial score (nSPS) is 18.5. The second-order valence-corrected chi connectivity index (χ2v) is 7.60. The predicted molar refractivity (Wildman–Crippen MR) is 115 cm³/mol. The van der Waals surface area contributed by atoms with Crippen LogP contribution in [0.5, 0.6) is 0 Å². The molecule has 0 bridgehead atoms. The van der Waals surface area contributed by atoms with E-state index in [0.717, 1.165) is 37.7 Å². The van der Waals surface area contributed by atoms with Crippen LogP contribution >= 0.6 is 0 Å². The van der Waals surface area contributed by atoms with E-state index in [9.17, 15) is 4.79 Å². The van der Waals surface area contributed by atoms with Crippen LogP contribution < -0.4 is 15.5 Å². The summed E-state index contributed by atoms with van der Waals surface area (Å²) in [4.78, 5) is 24.9. The van der Waals surface area contributed by atoms with Crippen LogP contribution in [0, 0.1) is 0 Å². The van der Waals surface area contributed by atoms with Gasteiger partial charge in [0.25, 0.3) is 0 Å². The van der Waals surface area contributed by atoms with Gasteiger partial charge in [0, 0.05) is 52.0 Å². The number of carbonyl (C=O) groups excluding carboxylic acids is 1. The van der Waals surface area contributed by atoms with Crippen LogP contribution in [-0.4, -0.2) is 67.8 Å². The number of anilines is 1. The lowest BCUT2D eigenvalue weighted by Gasteiger charge is -2.32. The minimum Gasteiger partial charge on any atom is -0.450 e. The summed E-state index contributed by atoms with van der Waals surface area (Å²) in [6.07, 6.45) is 7.25. The SMILES string of the molecule is CCOC(=O)N1CCC(NC(=NC)NCc2ccnc(N3CCCCC3)c2)CC1. The number of likely N-dealkylation sites (tertiary alicyclic amines) is 1. The first kappa shape index (κ1) is 21.2. The Bertz CT molecular complexity index is 682. The Morgan fingerprint density at radius 3 is 2.69 bits per heavy atom. The third kappa shape index (κ3) is 6.24. The Hall–Kier alpha value is -2.51. The average molecular weight is 403 g/mol. The fourth-order valence-corrected chi connectivity index (χ4v) is 3.86. The van der Waals surface area contributed by atoms with Crippen molar-refractivity contribution < 1.29 is 9.53 Å². The van der Waals surface area contributed by atoms with Crippen LogP contribution in [-0.2, 0) is 11.3 Å². The number of nitrogens with zero attached hydrogens (tertiary/aromatic N) is 4. The summed E-state index contributed by atoms with van der Waals surface area (Å²) in [7, 11) is 1.79. The summed E-state index contributed by atoms with van der Waals surface area (Å²) in [5.74, 6) is 1.86. The molecule has 1 aromatic rings. The number of rotatable bonds is 5. The van der Waals surface area contributed by atoms with E-state index >= 15 is 0 Å². The molecule has 0 unspecified atom stereocenters. The molecule has 2 fully saturated rings. The quantitative estimate of drug-likeness (QED) is 0.581. The van der Waals surface area contributed by atoms with E-state index in [-0.39, 0.29) is 6.09 Å². The molecule has 8 heteroatoms. The van der Waals surface area contributed by atoms with Gasteiger partial charge in [-0.05, 0) is 56.7 Å². The molecule has 0 radical (unpaired) electrons. The molecule has 0 spiro atoms. The lowest BCUT2D eigenvalue weighted by atomic mass is 10.1. The van der Waals surface area contributed by atoms with Crippen LogP contribution in [0.1, 0.15) is 44.6 Å². The van der Waals surface area contributed by atoms with Crippen LogP contribution in [0.4, 0.5) is 10.6 Å². The summed E-state index contributed by atoms with van der Waals surface area (Å²) in [5, 5.41) is 6.88. The Balaban J connectivity index is 1.46. The number of ether oxygens (including phenoxy) is 1. The van der Waals surface area contributed by atoms with Crippen molar-refractivity contribution in [1.82, 2.24) is 20.5 Å². The number of guanidine groups is 1. The van der Waals surface area contributed by atoms with Gasteiger partial charge in [0.15, 0.2) is 5.96 Å². The first-order valence-corrected chi connectivity index (χ1v) is 10.8. The van der Waals surface area contributed by atoms with Crippen molar-refractivity contribution in [2.24, 2.45) is 4.99 Å². The first-order valence-electron chi connectivity index (χ1n) is 10.8. The largest absolute Gasteiger partial charge is 0.450 e. The van der Waals surface area contributed by atoms with Crippen molar-refractivity contribution in [2.45, 2.75) is 51.6 Å². The van der Waals surface area contributed by atoms with Crippen LogP contribution in [0.15, 0.2) is 23.3 Å². The molecule has 1 amide bonds. The zero-order chi connectivity index (χ0) is 20.5. The van der Waals surface area contributed by atoms with Gasteiger partial charge < -0.3 is 25.2 Å². The van der Waals surface area contributed by atoms with Gasteiger partial charge in [-0.1, -0.05) is 0 Å². The van der Waals surface area contributed by atoms with Gasteiger partial charge in [0.05, 0.1) is 6.61 Å². The number of aliphatic imine (C=N–C) groups is 1. The highest BCUT2D eigenvalue weighted by Gasteiger charge is 2.24. The molecular weight excluding hydrogens is 368 g/mol. The summed E-state index contributed by atoms with van der Waals surface area (Å²) in [5.41, 5.74) is 1.20. The molecule has 8 nitrogen and oxygen atoms in total. The second-order valence-electron chi connectivity index (χ2n) is 7.60. The van der Waals surface area contributed by atoms with Gasteiger partial charge in [0.2, 0.25) is 0 Å². The molecule has 3 rings (SSSR count). The maximum absolute atomic E-state index is 11.8. The fraction of sp³-hybridized carbons (Fsp3) is 0.667. The molecule has 0 aromatic carbocycles. The molecule has 2 saturated heterocycles. The maximum atomic E-state index is 11.8. The van der Waals surface area contributed by atoms with Crippen LogP contribution in [0.3, 0.4) is 0 Å². The van der Waals surface area contributed by atoms with E-state index in [1.165, 1.54) is 24.8 Å². The van der Waals surface area contributed by atoms with E-state index in [1.807, 2.05) is 19.2 Å². The summed E-state index contributed by atoms with van der Waals surface area (Å²) >= 11 is 0. The van der Waals surface area contributed by atoms with Crippen molar-refractivity contribution in [2.75, 3.05) is 44.7 Å². The molecule has 0 saturated carbocycles. The summed E-state index contributed by atoms with van der Waals surface area (Å²) in [6.45, 7) is 6.55. The van der Waals surface area contributed by atoms with Gasteiger partial charge in [-0.15, -0.1) is 0 Å². The minimum atomic E-state index is -0.212. The Morgan fingerprint density at radius 1 is 1.24 bits per heavy atom. The number of nitrogens with one attached hydrogen (secondary N) is 2. The molecule has 160 valence electrons. The lowest BCUT2D eigenvalue weighted by Crippen LogP contribution is -2.49. The van der Waals surface area contributed by atoms with E-state index < -0.39 is 0 Å². The van der Waals surface area contributed by atoms with Crippen molar-refractivity contribution in [3.8, 4) is 0 Å². The molecule has 3 heterocycles. The number of carbonyl (C=O) groups is 1. The second kappa shape index (κ2) is 10.9. The third-order valence-corrected chi connectivity index (χ3v) is 5.54. The highest BCUT2D eigenvalue weighted by molar-refractivity contribution is 5.80. The van der Waals surface area contributed by atoms with Crippen molar-refractivity contribution >= 4 is 17.9 Å². The van der Waals surface area contributed by atoms with E-state index in [1.54, 1.807) is 11.9 Å². The Morgan fingerprint density at radius 2 is 2.00 bits per heavy atom. The van der Waals surface area contributed by atoms with Crippen molar-refractivity contribution in [3.63, 3.8) is 0 Å². The zero-order valence-corrected chi connectivity index (χ0v) is 17.7. The summed E-state index contributed by atoms with van der Waals surface area (Å²) in [6, 6.07) is 4.52. The average Bonchev–Trinajstić information content (AvgIpc) is 2.78. The highest BCUT2D eigenvalue weighted by Crippen LogP contribution is 2.18. The van der Waals surface area contributed by atoms with E-state index in [0.29, 0.717) is 32.3 Å². The molecule has 1 aromatic heterocycles. The van der Waals surface area contributed by atoms with Gasteiger partial charge in [0.1, 0.15) is 5.82 Å². The van der Waals surface area contributed by atoms with Crippen molar-refractivity contribution in [1.29, 1.82) is 0 Å². The number of hydrogen-bond donors (Lipinski definition) is 2. The molecule has 29 heavy (non-hydrogen) atoms. The summed E-state index contributed by atoms with van der Waals surface area (Å²) < 4.78 is 5.08. The molecule has 0 atom stereocenters. The smallest absolute Gasteiger partial charge is 0.409 e. The monoisotopic (exact) mass is 402 g/mol. The van der Waals surface area contributed by atoms with Gasteiger partial charge in [-0.25, -0.2) is 9.78 Å². The Labute approximate surface area is 173 Å². The molecule has 2 aliphatic rings. The number of piperidine rings is 2. The number of hydrogen-bond acceptors (Lipinski definition) is 5. The van der Waals surface area contributed by atoms with Gasteiger partial charge in [-0.2, -0.15) is 0 Å². The van der Waals surface area contributed by atoms with Crippen molar-refractivity contribution in [3.05, 3.63) is 23.9 Å². The number of amides is 1. The van der Waals surface area contributed by atoms with Crippen LogP contribution in [0.25, 0.3) is 0 Å². The molecule has 0 aliphatic carbocycles. The Kier molecular flexibility index (Phi) is 7.95. The molecular formula is C21H34N6O2. The standard InChI is InChI=1S/C21H34N6O2/c1-3-29-21(28)27-13-8-18(9-14-27)25-20(22-2)24-16-17-7-10-23-19(15-17)26-11-5-4-6-12-26/h7,10,15,18H,3-6,8-9,11-14,16H2,1-2H3,(H2,22,24,25). The number of aromatic nitrogens is 1. The predicted octanol–water partition coefficient (Wildman–Crippen LogP) is 2.36. The highest BCUT2D eigenvalue weighted by atomic mass is 16.6.